The fourth-order valence-corrected chi connectivity index (χ4v) is 3.22. The SMILES string of the molecule is CCCCS(=O)(=O)Nc1nn(C)cc1S(N)(=O)=O. The van der Waals surface area contributed by atoms with Gasteiger partial charge in [0.2, 0.25) is 20.0 Å². The van der Waals surface area contributed by atoms with Gasteiger partial charge in [-0.1, -0.05) is 13.3 Å². The second-order valence-electron chi connectivity index (χ2n) is 3.84. The molecule has 0 fully saturated rings. The van der Waals surface area contributed by atoms with Crippen molar-refractivity contribution in [3.63, 3.8) is 0 Å². The maximum atomic E-state index is 11.7. The molecule has 0 aromatic carbocycles. The van der Waals surface area contributed by atoms with Crippen molar-refractivity contribution in [3.8, 4) is 0 Å². The second kappa shape index (κ2) is 5.24. The van der Waals surface area contributed by atoms with E-state index in [0.29, 0.717) is 12.8 Å². The molecule has 1 rings (SSSR count). The van der Waals surface area contributed by atoms with Crippen LogP contribution in [-0.2, 0) is 27.1 Å². The molecular formula is C8H16N4O4S2. The molecular weight excluding hydrogens is 280 g/mol. The Morgan fingerprint density at radius 3 is 2.50 bits per heavy atom. The van der Waals surface area contributed by atoms with Crippen LogP contribution in [0.3, 0.4) is 0 Å². The van der Waals surface area contributed by atoms with Crippen LogP contribution in [0.2, 0.25) is 0 Å². The van der Waals surface area contributed by atoms with E-state index in [4.69, 9.17) is 5.14 Å². The molecule has 18 heavy (non-hydrogen) atoms. The fraction of sp³-hybridized carbons (Fsp3) is 0.625. The van der Waals surface area contributed by atoms with E-state index < -0.39 is 20.0 Å². The van der Waals surface area contributed by atoms with Crippen molar-refractivity contribution in [2.24, 2.45) is 12.2 Å². The Morgan fingerprint density at radius 1 is 1.39 bits per heavy atom. The summed E-state index contributed by atoms with van der Waals surface area (Å²) in [5.41, 5.74) is 0. The van der Waals surface area contributed by atoms with Gasteiger partial charge in [-0.3, -0.25) is 9.40 Å². The molecule has 0 unspecified atom stereocenters. The fourth-order valence-electron chi connectivity index (χ4n) is 1.28. The van der Waals surface area contributed by atoms with Gasteiger partial charge < -0.3 is 0 Å². The van der Waals surface area contributed by atoms with Crippen LogP contribution in [0.15, 0.2) is 11.1 Å². The van der Waals surface area contributed by atoms with E-state index in [2.05, 4.69) is 9.82 Å². The Morgan fingerprint density at radius 2 is 2.00 bits per heavy atom. The summed E-state index contributed by atoms with van der Waals surface area (Å²) in [6, 6.07) is 0. The van der Waals surface area contributed by atoms with Crippen LogP contribution in [0.25, 0.3) is 0 Å². The van der Waals surface area contributed by atoms with Crippen molar-refractivity contribution in [2.45, 2.75) is 24.7 Å². The molecule has 0 atom stereocenters. The van der Waals surface area contributed by atoms with Crippen LogP contribution in [0.5, 0.6) is 0 Å². The Kier molecular flexibility index (Phi) is 4.35. The highest BCUT2D eigenvalue weighted by molar-refractivity contribution is 7.93. The van der Waals surface area contributed by atoms with Crippen molar-refractivity contribution in [3.05, 3.63) is 6.20 Å². The minimum Gasteiger partial charge on any atom is -0.272 e. The number of sulfonamides is 2. The van der Waals surface area contributed by atoms with E-state index in [1.807, 2.05) is 6.92 Å². The summed E-state index contributed by atoms with van der Waals surface area (Å²) in [5.74, 6) is -0.361. The third-order valence-corrected chi connectivity index (χ3v) is 4.36. The summed E-state index contributed by atoms with van der Waals surface area (Å²) in [7, 11) is -6.16. The Hall–Kier alpha value is -1.13. The Balaban J connectivity index is 3.06. The summed E-state index contributed by atoms with van der Waals surface area (Å²) in [4.78, 5) is -0.343. The standard InChI is InChI=1S/C8H16N4O4S2/c1-3-4-5-17(13,14)11-8-7(18(9,15)16)6-12(2)10-8/h6H,3-5H2,1-2H3,(H,10,11)(H2,9,15,16). The van der Waals surface area contributed by atoms with Crippen LogP contribution in [0.1, 0.15) is 19.8 Å². The van der Waals surface area contributed by atoms with Crippen molar-refractivity contribution in [1.29, 1.82) is 0 Å². The highest BCUT2D eigenvalue weighted by Crippen LogP contribution is 2.18. The number of nitrogens with zero attached hydrogens (tertiary/aromatic N) is 2. The number of primary sulfonamides is 1. The number of nitrogens with two attached hydrogens (primary N) is 1. The van der Waals surface area contributed by atoms with Crippen LogP contribution >= 0.6 is 0 Å². The Bertz CT molecular complexity index is 618. The highest BCUT2D eigenvalue weighted by Gasteiger charge is 2.22. The number of hydrogen-bond donors (Lipinski definition) is 2. The lowest BCUT2D eigenvalue weighted by atomic mass is 10.4. The molecule has 0 saturated carbocycles. The molecule has 0 bridgehead atoms. The van der Waals surface area contributed by atoms with Gasteiger partial charge in [-0.15, -0.1) is 0 Å². The number of nitrogens with one attached hydrogen (secondary N) is 1. The predicted octanol–water partition coefficient (Wildman–Crippen LogP) is -0.391. The molecule has 1 aromatic rings. The summed E-state index contributed by atoms with van der Waals surface area (Å²) >= 11 is 0. The number of unbranched alkanes of at least 4 members (excludes halogenated alkanes) is 1. The number of hydrogen-bond acceptors (Lipinski definition) is 5. The van der Waals surface area contributed by atoms with E-state index in [-0.39, 0.29) is 16.5 Å². The molecule has 1 heterocycles. The minimum atomic E-state index is -4.02. The van der Waals surface area contributed by atoms with Gasteiger partial charge in [-0.2, -0.15) is 5.10 Å². The van der Waals surface area contributed by atoms with Gasteiger partial charge >= 0.3 is 0 Å². The zero-order valence-electron chi connectivity index (χ0n) is 10.1. The lowest BCUT2D eigenvalue weighted by molar-refractivity contribution is 0.597. The lowest BCUT2D eigenvalue weighted by Gasteiger charge is -2.05. The van der Waals surface area contributed by atoms with Gasteiger partial charge in [0.1, 0.15) is 4.90 Å². The molecule has 0 amide bonds. The molecule has 0 spiro atoms. The maximum absolute atomic E-state index is 11.7. The predicted molar refractivity (Wildman–Crippen MR) is 66.9 cm³/mol. The van der Waals surface area contributed by atoms with E-state index >= 15 is 0 Å². The van der Waals surface area contributed by atoms with Crippen LogP contribution in [0, 0.1) is 0 Å². The van der Waals surface area contributed by atoms with Crippen molar-refractivity contribution >= 4 is 25.9 Å². The molecule has 1 aromatic heterocycles. The lowest BCUT2D eigenvalue weighted by Crippen LogP contribution is -2.20. The monoisotopic (exact) mass is 296 g/mol. The zero-order valence-corrected chi connectivity index (χ0v) is 11.8. The third kappa shape index (κ3) is 3.96. The second-order valence-corrected chi connectivity index (χ2v) is 7.21. The first-order chi connectivity index (χ1) is 8.15. The normalized spacial score (nSPS) is 12.6. The molecule has 0 aliphatic rings. The number of rotatable bonds is 6. The molecule has 0 radical (unpaired) electrons. The van der Waals surface area contributed by atoms with Crippen molar-refractivity contribution in [1.82, 2.24) is 9.78 Å². The van der Waals surface area contributed by atoms with Gasteiger partial charge in [0.25, 0.3) is 0 Å². The number of aryl methyl sites for hydroxylation is 1. The number of anilines is 1. The maximum Gasteiger partial charge on any atom is 0.243 e. The average molecular weight is 296 g/mol. The van der Waals surface area contributed by atoms with E-state index in [1.165, 1.54) is 11.7 Å². The smallest absolute Gasteiger partial charge is 0.243 e. The van der Waals surface area contributed by atoms with E-state index in [1.54, 1.807) is 0 Å². The first kappa shape index (κ1) is 14.9. The van der Waals surface area contributed by atoms with Gasteiger partial charge in [0, 0.05) is 13.2 Å². The quantitative estimate of drug-likeness (QED) is 0.739. The number of aromatic nitrogens is 2. The first-order valence-electron chi connectivity index (χ1n) is 5.22. The minimum absolute atomic E-state index is 0.0931. The van der Waals surface area contributed by atoms with Crippen LogP contribution in [0.4, 0.5) is 5.82 Å². The first-order valence-corrected chi connectivity index (χ1v) is 8.42. The van der Waals surface area contributed by atoms with Gasteiger partial charge in [-0.05, 0) is 6.42 Å². The van der Waals surface area contributed by atoms with Gasteiger partial charge in [0.15, 0.2) is 5.82 Å². The topological polar surface area (TPSA) is 124 Å². The highest BCUT2D eigenvalue weighted by atomic mass is 32.2. The van der Waals surface area contributed by atoms with Crippen LogP contribution in [-0.4, -0.2) is 32.4 Å². The third-order valence-electron chi connectivity index (χ3n) is 2.12. The molecule has 0 aliphatic heterocycles. The molecule has 8 nitrogen and oxygen atoms in total. The largest absolute Gasteiger partial charge is 0.272 e. The van der Waals surface area contributed by atoms with Crippen molar-refractivity contribution in [2.75, 3.05) is 10.5 Å². The summed E-state index contributed by atoms with van der Waals surface area (Å²) in [6.07, 6.45) is 2.34. The molecule has 0 saturated heterocycles. The molecule has 104 valence electrons. The molecule has 10 heteroatoms. The summed E-state index contributed by atoms with van der Waals surface area (Å²) in [6.45, 7) is 1.85. The van der Waals surface area contributed by atoms with Gasteiger partial charge in [-0.25, -0.2) is 22.0 Å². The molecule has 3 N–H and O–H groups in total. The van der Waals surface area contributed by atoms with Crippen molar-refractivity contribution < 1.29 is 16.8 Å². The zero-order chi connectivity index (χ0) is 14.0. The van der Waals surface area contributed by atoms with E-state index in [9.17, 15) is 16.8 Å². The average Bonchev–Trinajstić information content (AvgIpc) is 2.55. The summed E-state index contributed by atoms with van der Waals surface area (Å²) < 4.78 is 49.1. The molecule has 0 aliphatic carbocycles. The van der Waals surface area contributed by atoms with E-state index in [0.717, 1.165) is 6.20 Å². The Labute approximate surface area is 106 Å². The summed E-state index contributed by atoms with van der Waals surface area (Å²) in [5, 5.41) is 8.71. The van der Waals surface area contributed by atoms with Gasteiger partial charge in [0.05, 0.1) is 5.75 Å². The van der Waals surface area contributed by atoms with Crippen LogP contribution < -0.4 is 9.86 Å².